The molecule has 16 heavy (non-hydrogen) atoms. The topological polar surface area (TPSA) is 22.0 Å². The Balaban J connectivity index is 2.27. The van der Waals surface area contributed by atoms with E-state index in [1.165, 1.54) is 43.6 Å². The first-order chi connectivity index (χ1) is 7.66. The number of hydrogen-bond donors (Lipinski definition) is 0. The van der Waals surface area contributed by atoms with Crippen LogP contribution in [0.4, 0.5) is 0 Å². The second-order valence-corrected chi connectivity index (χ2v) is 5.80. The van der Waals surface area contributed by atoms with Gasteiger partial charge in [-0.3, -0.25) is 8.75 Å². The predicted octanol–water partition coefficient (Wildman–Crippen LogP) is 4.23. The molecule has 0 atom stereocenters. The predicted molar refractivity (Wildman–Crippen MR) is 71.7 cm³/mol. The van der Waals surface area contributed by atoms with E-state index in [2.05, 4.69) is 6.92 Å². The van der Waals surface area contributed by atoms with Crippen LogP contribution in [0.1, 0.15) is 51.0 Å². The zero-order valence-corrected chi connectivity index (χ0v) is 11.7. The van der Waals surface area contributed by atoms with Crippen LogP contribution in [0.15, 0.2) is 4.79 Å². The van der Waals surface area contributed by atoms with Crippen LogP contribution in [0.25, 0.3) is 0 Å². The monoisotopic (exact) mass is 261 g/mol. The number of halogens is 1. The van der Waals surface area contributed by atoms with Crippen LogP contribution in [0.2, 0.25) is 4.34 Å². The van der Waals surface area contributed by atoms with Gasteiger partial charge in [0, 0.05) is 12.1 Å². The van der Waals surface area contributed by atoms with Gasteiger partial charge in [0.1, 0.15) is 4.34 Å². The van der Waals surface area contributed by atoms with Crippen molar-refractivity contribution in [1.29, 1.82) is 0 Å². The number of nitrogens with zero attached hydrogens (tertiary/aromatic N) is 1. The fourth-order valence-electron chi connectivity index (χ4n) is 1.66. The molecule has 0 saturated carbocycles. The van der Waals surface area contributed by atoms with Gasteiger partial charge in [-0.1, -0.05) is 50.6 Å². The highest BCUT2D eigenvalue weighted by molar-refractivity contribution is 7.11. The fraction of sp³-hybridized carbons (Fsp3) is 0.750. The SMILES string of the molecule is CCCCCCCCn1sc(Cl)c(C)c1=O. The molecule has 1 heterocycles. The molecule has 2 nitrogen and oxygen atoms in total. The first kappa shape index (κ1) is 13.8. The summed E-state index contributed by atoms with van der Waals surface area (Å²) in [4.78, 5) is 11.6. The van der Waals surface area contributed by atoms with Crippen molar-refractivity contribution in [3.63, 3.8) is 0 Å². The van der Waals surface area contributed by atoms with Gasteiger partial charge in [-0.15, -0.1) is 0 Å². The average Bonchev–Trinajstić information content (AvgIpc) is 2.51. The zero-order chi connectivity index (χ0) is 12.0. The Morgan fingerprint density at radius 1 is 1.19 bits per heavy atom. The van der Waals surface area contributed by atoms with Crippen LogP contribution < -0.4 is 5.56 Å². The van der Waals surface area contributed by atoms with Gasteiger partial charge < -0.3 is 0 Å². The van der Waals surface area contributed by atoms with E-state index >= 15 is 0 Å². The van der Waals surface area contributed by atoms with Gasteiger partial charge in [0.2, 0.25) is 0 Å². The Morgan fingerprint density at radius 2 is 1.81 bits per heavy atom. The third kappa shape index (κ3) is 3.95. The number of aromatic nitrogens is 1. The number of hydrogen-bond acceptors (Lipinski definition) is 2. The van der Waals surface area contributed by atoms with E-state index in [4.69, 9.17) is 11.6 Å². The van der Waals surface area contributed by atoms with Crippen molar-refractivity contribution in [2.45, 2.75) is 58.9 Å². The second-order valence-electron chi connectivity index (χ2n) is 4.17. The molecule has 0 aliphatic carbocycles. The van der Waals surface area contributed by atoms with E-state index in [1.807, 2.05) is 0 Å². The lowest BCUT2D eigenvalue weighted by Crippen LogP contribution is -2.14. The third-order valence-electron chi connectivity index (χ3n) is 2.75. The first-order valence-electron chi connectivity index (χ1n) is 6.03. The highest BCUT2D eigenvalue weighted by atomic mass is 35.5. The minimum atomic E-state index is 0.0866. The van der Waals surface area contributed by atoms with E-state index < -0.39 is 0 Å². The van der Waals surface area contributed by atoms with E-state index in [9.17, 15) is 4.79 Å². The summed E-state index contributed by atoms with van der Waals surface area (Å²) in [6, 6.07) is 0. The van der Waals surface area contributed by atoms with Crippen LogP contribution in [-0.2, 0) is 6.54 Å². The smallest absolute Gasteiger partial charge is 0.265 e. The van der Waals surface area contributed by atoms with Crippen LogP contribution in [0.5, 0.6) is 0 Å². The maximum Gasteiger partial charge on any atom is 0.265 e. The van der Waals surface area contributed by atoms with Gasteiger partial charge in [0.25, 0.3) is 5.56 Å². The number of rotatable bonds is 7. The molecule has 92 valence electrons. The quantitative estimate of drug-likeness (QED) is 0.673. The van der Waals surface area contributed by atoms with Crippen LogP contribution in [0, 0.1) is 6.92 Å². The summed E-state index contributed by atoms with van der Waals surface area (Å²) in [5.41, 5.74) is 0.779. The van der Waals surface area contributed by atoms with E-state index in [-0.39, 0.29) is 5.56 Å². The molecule has 0 spiro atoms. The van der Waals surface area contributed by atoms with Gasteiger partial charge in [0.05, 0.1) is 0 Å². The normalized spacial score (nSPS) is 10.9. The summed E-state index contributed by atoms with van der Waals surface area (Å²) in [5, 5.41) is 0. The highest BCUT2D eigenvalue weighted by Crippen LogP contribution is 2.18. The fourth-order valence-corrected chi connectivity index (χ4v) is 2.85. The Morgan fingerprint density at radius 3 is 2.38 bits per heavy atom. The summed E-state index contributed by atoms with van der Waals surface area (Å²) in [7, 11) is 0. The average molecular weight is 262 g/mol. The summed E-state index contributed by atoms with van der Waals surface area (Å²) in [6.45, 7) is 4.83. The summed E-state index contributed by atoms with van der Waals surface area (Å²) in [6.07, 6.45) is 7.49. The van der Waals surface area contributed by atoms with Crippen molar-refractivity contribution in [2.24, 2.45) is 0 Å². The third-order valence-corrected chi connectivity index (χ3v) is 4.27. The number of aryl methyl sites for hydroxylation is 1. The lowest BCUT2D eigenvalue weighted by atomic mass is 10.1. The highest BCUT2D eigenvalue weighted by Gasteiger charge is 2.07. The zero-order valence-electron chi connectivity index (χ0n) is 10.1. The minimum Gasteiger partial charge on any atom is -0.268 e. The molecule has 0 radical (unpaired) electrons. The maximum absolute atomic E-state index is 11.6. The van der Waals surface area contributed by atoms with Crippen molar-refractivity contribution < 1.29 is 0 Å². The minimum absolute atomic E-state index is 0.0866. The van der Waals surface area contributed by atoms with Crippen molar-refractivity contribution in [3.05, 3.63) is 20.3 Å². The molecule has 0 aliphatic rings. The van der Waals surface area contributed by atoms with Crippen LogP contribution in [-0.4, -0.2) is 3.96 Å². The molecule has 0 bridgehead atoms. The molecule has 0 N–H and O–H groups in total. The summed E-state index contributed by atoms with van der Waals surface area (Å²) < 4.78 is 2.41. The van der Waals surface area contributed by atoms with E-state index in [1.54, 1.807) is 10.9 Å². The largest absolute Gasteiger partial charge is 0.268 e. The maximum atomic E-state index is 11.6. The van der Waals surface area contributed by atoms with Gasteiger partial charge in [-0.2, -0.15) is 0 Å². The van der Waals surface area contributed by atoms with E-state index in [0.29, 0.717) is 9.90 Å². The molecule has 0 fully saturated rings. The molecular formula is C12H20ClNOS. The van der Waals surface area contributed by atoms with Crippen LogP contribution in [0.3, 0.4) is 0 Å². The van der Waals surface area contributed by atoms with Gasteiger partial charge >= 0.3 is 0 Å². The first-order valence-corrected chi connectivity index (χ1v) is 7.18. The van der Waals surface area contributed by atoms with Gasteiger partial charge in [-0.05, 0) is 24.9 Å². The molecule has 4 heteroatoms. The molecule has 1 aromatic rings. The van der Waals surface area contributed by atoms with Crippen molar-refractivity contribution in [1.82, 2.24) is 3.96 Å². The molecule has 0 amide bonds. The molecule has 0 aliphatic heterocycles. The number of unbranched alkanes of at least 4 members (excludes halogenated alkanes) is 5. The van der Waals surface area contributed by atoms with Crippen LogP contribution >= 0.6 is 23.1 Å². The Kier molecular flexibility index (Phi) is 6.14. The van der Waals surface area contributed by atoms with Gasteiger partial charge in [-0.25, -0.2) is 0 Å². The van der Waals surface area contributed by atoms with Crippen molar-refractivity contribution in [3.8, 4) is 0 Å². The standard InChI is InChI=1S/C12H20ClNOS/c1-3-4-5-6-7-8-9-14-12(15)10(2)11(13)16-14/h3-9H2,1-2H3. The van der Waals surface area contributed by atoms with Gasteiger partial charge in [0.15, 0.2) is 0 Å². The molecule has 1 aromatic heterocycles. The van der Waals surface area contributed by atoms with Crippen molar-refractivity contribution >= 4 is 23.1 Å². The van der Waals surface area contributed by atoms with E-state index in [0.717, 1.165) is 13.0 Å². The summed E-state index contributed by atoms with van der Waals surface area (Å²) >= 11 is 7.29. The second kappa shape index (κ2) is 7.13. The summed E-state index contributed by atoms with van der Waals surface area (Å²) in [5.74, 6) is 0. The Labute approximate surface area is 106 Å². The Hall–Kier alpha value is -0.280. The molecule has 1 rings (SSSR count). The lowest BCUT2D eigenvalue weighted by Gasteiger charge is -2.00. The molecular weight excluding hydrogens is 242 g/mol. The van der Waals surface area contributed by atoms with Crippen molar-refractivity contribution in [2.75, 3.05) is 0 Å². The lowest BCUT2D eigenvalue weighted by molar-refractivity contribution is 0.568. The molecule has 0 saturated heterocycles. The molecule has 0 unspecified atom stereocenters. The Bertz CT molecular complexity index is 370. The molecule has 0 aromatic carbocycles.